The molecule has 1 amide bonds. The normalized spacial score (nSPS) is 12.6. The average Bonchev–Trinajstić information content (AvgIpc) is 2.36. The number of nitrogens with zero attached hydrogens (tertiary/aromatic N) is 1. The molecule has 0 aromatic heterocycles. The molecule has 1 rings (SSSR count). The maximum absolute atomic E-state index is 12.2. The molecular formula is C16H23NO4. The third kappa shape index (κ3) is 6.29. The van der Waals surface area contributed by atoms with E-state index in [1.54, 1.807) is 27.7 Å². The Morgan fingerprint density at radius 1 is 1.24 bits per heavy atom. The predicted molar refractivity (Wildman–Crippen MR) is 79.9 cm³/mol. The van der Waals surface area contributed by atoms with Crippen molar-refractivity contribution >= 4 is 12.1 Å². The van der Waals surface area contributed by atoms with Crippen LogP contribution in [0.3, 0.4) is 0 Å². The van der Waals surface area contributed by atoms with Gasteiger partial charge in [-0.15, -0.1) is 0 Å². The van der Waals surface area contributed by atoms with Gasteiger partial charge in [0.15, 0.2) is 0 Å². The van der Waals surface area contributed by atoms with Crippen molar-refractivity contribution in [2.45, 2.75) is 39.8 Å². The first-order valence-corrected chi connectivity index (χ1v) is 6.93. The van der Waals surface area contributed by atoms with E-state index in [9.17, 15) is 9.59 Å². The number of carbonyl (C=O) groups is 2. The lowest BCUT2D eigenvalue weighted by molar-refractivity contribution is -0.141. The second kappa shape index (κ2) is 7.11. The van der Waals surface area contributed by atoms with E-state index in [1.165, 1.54) is 4.90 Å². The van der Waals surface area contributed by atoms with Crippen LogP contribution < -0.4 is 0 Å². The van der Waals surface area contributed by atoms with Crippen molar-refractivity contribution in [1.29, 1.82) is 0 Å². The molecule has 1 atom stereocenters. The average molecular weight is 293 g/mol. The van der Waals surface area contributed by atoms with Gasteiger partial charge in [-0.3, -0.25) is 4.79 Å². The first-order valence-electron chi connectivity index (χ1n) is 6.93. The smallest absolute Gasteiger partial charge is 0.410 e. The number of hydrogen-bond donors (Lipinski definition) is 1. The molecule has 0 saturated heterocycles. The minimum Gasteiger partial charge on any atom is -0.481 e. The van der Waals surface area contributed by atoms with Gasteiger partial charge in [-0.25, -0.2) is 4.79 Å². The second-order valence-electron chi connectivity index (χ2n) is 6.09. The summed E-state index contributed by atoms with van der Waals surface area (Å²) in [5.74, 6) is -1.59. The van der Waals surface area contributed by atoms with Crippen molar-refractivity contribution < 1.29 is 19.4 Å². The lowest BCUT2D eigenvalue weighted by Crippen LogP contribution is -2.40. The van der Waals surface area contributed by atoms with Crippen molar-refractivity contribution in [2.75, 3.05) is 6.54 Å². The SMILES string of the molecule is CC(CN(Cc1ccccc1)C(=O)OC(C)(C)C)C(=O)O. The number of ether oxygens (including phenoxy) is 1. The molecule has 0 aliphatic rings. The second-order valence-corrected chi connectivity index (χ2v) is 6.09. The molecule has 0 aliphatic carbocycles. The molecule has 116 valence electrons. The highest BCUT2D eigenvalue weighted by Crippen LogP contribution is 2.14. The highest BCUT2D eigenvalue weighted by molar-refractivity contribution is 5.72. The predicted octanol–water partition coefficient (Wildman–Crippen LogP) is 3.14. The third-order valence-electron chi connectivity index (χ3n) is 2.78. The van der Waals surface area contributed by atoms with Gasteiger partial charge < -0.3 is 14.7 Å². The summed E-state index contributed by atoms with van der Waals surface area (Å²) in [6, 6.07) is 9.43. The van der Waals surface area contributed by atoms with Crippen LogP contribution in [0.4, 0.5) is 4.79 Å². The van der Waals surface area contributed by atoms with Crippen molar-refractivity contribution in [2.24, 2.45) is 5.92 Å². The Kier molecular flexibility index (Phi) is 5.76. The molecule has 1 N–H and O–H groups in total. The largest absolute Gasteiger partial charge is 0.481 e. The molecule has 1 aromatic carbocycles. The van der Waals surface area contributed by atoms with E-state index < -0.39 is 23.6 Å². The van der Waals surface area contributed by atoms with Gasteiger partial charge >= 0.3 is 12.1 Å². The number of hydrogen-bond acceptors (Lipinski definition) is 3. The quantitative estimate of drug-likeness (QED) is 0.905. The first-order chi connectivity index (χ1) is 9.69. The maximum atomic E-state index is 12.2. The van der Waals surface area contributed by atoms with E-state index in [1.807, 2.05) is 30.3 Å². The Morgan fingerprint density at radius 3 is 2.29 bits per heavy atom. The zero-order chi connectivity index (χ0) is 16.0. The van der Waals surface area contributed by atoms with E-state index in [4.69, 9.17) is 9.84 Å². The van der Waals surface area contributed by atoms with Gasteiger partial charge in [0.2, 0.25) is 0 Å². The van der Waals surface area contributed by atoms with Gasteiger partial charge in [0.25, 0.3) is 0 Å². The van der Waals surface area contributed by atoms with Crippen molar-refractivity contribution in [3.63, 3.8) is 0 Å². The van der Waals surface area contributed by atoms with Crippen LogP contribution in [0, 0.1) is 5.92 Å². The standard InChI is InChI=1S/C16H23NO4/c1-12(14(18)19)10-17(15(20)21-16(2,3)4)11-13-8-6-5-7-9-13/h5-9,12H,10-11H2,1-4H3,(H,18,19). The fourth-order valence-electron chi connectivity index (χ4n) is 1.74. The zero-order valence-electron chi connectivity index (χ0n) is 13.0. The van der Waals surface area contributed by atoms with Crippen LogP contribution in [0.15, 0.2) is 30.3 Å². The molecule has 5 nitrogen and oxygen atoms in total. The molecule has 0 radical (unpaired) electrons. The van der Waals surface area contributed by atoms with Crippen molar-refractivity contribution in [3.8, 4) is 0 Å². The summed E-state index contributed by atoms with van der Waals surface area (Å²) in [7, 11) is 0. The molecule has 0 fully saturated rings. The Hall–Kier alpha value is -2.04. The molecule has 0 spiro atoms. The molecule has 21 heavy (non-hydrogen) atoms. The van der Waals surface area contributed by atoms with Crippen LogP contribution in [-0.4, -0.2) is 34.2 Å². The lowest BCUT2D eigenvalue weighted by Gasteiger charge is -2.28. The summed E-state index contributed by atoms with van der Waals surface area (Å²) >= 11 is 0. The number of carbonyl (C=O) groups excluding carboxylic acids is 1. The highest BCUT2D eigenvalue weighted by atomic mass is 16.6. The lowest BCUT2D eigenvalue weighted by atomic mass is 10.1. The van der Waals surface area contributed by atoms with Crippen molar-refractivity contribution in [1.82, 2.24) is 4.90 Å². The van der Waals surface area contributed by atoms with Crippen LogP contribution in [0.2, 0.25) is 0 Å². The number of benzene rings is 1. The van der Waals surface area contributed by atoms with E-state index in [2.05, 4.69) is 0 Å². The van der Waals surface area contributed by atoms with E-state index in [-0.39, 0.29) is 6.54 Å². The summed E-state index contributed by atoms with van der Waals surface area (Å²) < 4.78 is 5.35. The van der Waals surface area contributed by atoms with Gasteiger partial charge in [-0.2, -0.15) is 0 Å². The number of carboxylic acids is 1. The Bertz CT molecular complexity index is 479. The summed E-state index contributed by atoms with van der Waals surface area (Å²) in [6.45, 7) is 7.36. The minimum atomic E-state index is -0.934. The van der Waals surface area contributed by atoms with Crippen LogP contribution >= 0.6 is 0 Å². The summed E-state index contributed by atoms with van der Waals surface area (Å²) in [5, 5.41) is 9.03. The third-order valence-corrected chi connectivity index (χ3v) is 2.78. The fourth-order valence-corrected chi connectivity index (χ4v) is 1.74. The molecule has 1 unspecified atom stereocenters. The van der Waals surface area contributed by atoms with E-state index in [0.29, 0.717) is 6.54 Å². The minimum absolute atomic E-state index is 0.110. The zero-order valence-corrected chi connectivity index (χ0v) is 13.0. The van der Waals surface area contributed by atoms with Crippen LogP contribution in [0.5, 0.6) is 0 Å². The molecule has 0 heterocycles. The van der Waals surface area contributed by atoms with Gasteiger partial charge in [0.05, 0.1) is 5.92 Å². The van der Waals surface area contributed by atoms with Crippen LogP contribution in [0.25, 0.3) is 0 Å². The van der Waals surface area contributed by atoms with E-state index >= 15 is 0 Å². The molecule has 5 heteroatoms. The monoisotopic (exact) mass is 293 g/mol. The van der Waals surface area contributed by atoms with Gasteiger partial charge in [0, 0.05) is 13.1 Å². The summed E-state index contributed by atoms with van der Waals surface area (Å²) in [4.78, 5) is 24.7. The Morgan fingerprint density at radius 2 is 1.81 bits per heavy atom. The highest BCUT2D eigenvalue weighted by Gasteiger charge is 2.25. The number of rotatable bonds is 5. The summed E-state index contributed by atoms with van der Waals surface area (Å²) in [6.07, 6.45) is -0.501. The van der Waals surface area contributed by atoms with Gasteiger partial charge in [0.1, 0.15) is 5.60 Å². The molecule has 0 aliphatic heterocycles. The van der Waals surface area contributed by atoms with Crippen molar-refractivity contribution in [3.05, 3.63) is 35.9 Å². The number of aliphatic carboxylic acids is 1. The Labute approximate surface area is 125 Å². The van der Waals surface area contributed by atoms with Gasteiger partial charge in [-0.05, 0) is 26.3 Å². The molecule has 0 saturated carbocycles. The number of amides is 1. The molecule has 1 aromatic rings. The number of carboxylic acid groups (broad SMARTS) is 1. The van der Waals surface area contributed by atoms with Crippen LogP contribution in [0.1, 0.15) is 33.3 Å². The maximum Gasteiger partial charge on any atom is 0.410 e. The molecule has 0 bridgehead atoms. The van der Waals surface area contributed by atoms with Gasteiger partial charge in [-0.1, -0.05) is 37.3 Å². The summed E-state index contributed by atoms with van der Waals surface area (Å²) in [5.41, 5.74) is 0.319. The van der Waals surface area contributed by atoms with Crippen LogP contribution in [-0.2, 0) is 16.1 Å². The Balaban J connectivity index is 2.83. The topological polar surface area (TPSA) is 66.8 Å². The fraction of sp³-hybridized carbons (Fsp3) is 0.500. The first kappa shape index (κ1) is 17.0. The molecular weight excluding hydrogens is 270 g/mol. The van der Waals surface area contributed by atoms with E-state index in [0.717, 1.165) is 5.56 Å².